The Morgan fingerprint density at radius 3 is 2.00 bits per heavy atom. The molecule has 3 heteroatoms. The van der Waals surface area contributed by atoms with E-state index in [1.807, 2.05) is 0 Å². The molecule has 15 heavy (non-hydrogen) atoms. The maximum atomic E-state index is 11.3. The predicted octanol–water partition coefficient (Wildman–Crippen LogP) is 2.87. The Balaban J connectivity index is 3.27. The molecule has 0 spiro atoms. The van der Waals surface area contributed by atoms with Crippen molar-refractivity contribution in [1.29, 1.82) is 0 Å². The van der Waals surface area contributed by atoms with Crippen LogP contribution in [0.2, 0.25) is 0 Å². The first-order valence-electron chi connectivity index (χ1n) is 5.79. The van der Waals surface area contributed by atoms with E-state index in [0.29, 0.717) is 25.0 Å². The SMILES string of the molecule is CCCCCC(=O)CCCCC(=O)OC. The average Bonchev–Trinajstić information content (AvgIpc) is 2.24. The number of Topliss-reactive ketones (excluding diaryl/α,β-unsaturated/α-hetero) is 1. The minimum Gasteiger partial charge on any atom is -0.469 e. The number of hydrogen-bond acceptors (Lipinski definition) is 3. The smallest absolute Gasteiger partial charge is 0.305 e. The molecule has 88 valence electrons. The van der Waals surface area contributed by atoms with E-state index < -0.39 is 0 Å². The molecule has 0 atom stereocenters. The van der Waals surface area contributed by atoms with E-state index in [-0.39, 0.29) is 5.97 Å². The number of ketones is 1. The standard InChI is InChI=1S/C12H22O3/c1-3-4-5-8-11(13)9-6-7-10-12(14)15-2/h3-10H2,1-2H3. The van der Waals surface area contributed by atoms with E-state index in [1.165, 1.54) is 7.11 Å². The molecule has 0 radical (unpaired) electrons. The quantitative estimate of drug-likeness (QED) is 0.438. The molecular weight excluding hydrogens is 192 g/mol. The van der Waals surface area contributed by atoms with E-state index >= 15 is 0 Å². The predicted molar refractivity (Wildman–Crippen MR) is 59.6 cm³/mol. The van der Waals surface area contributed by atoms with Crippen LogP contribution in [-0.4, -0.2) is 18.9 Å². The Morgan fingerprint density at radius 2 is 1.47 bits per heavy atom. The van der Waals surface area contributed by atoms with Crippen molar-refractivity contribution < 1.29 is 14.3 Å². The van der Waals surface area contributed by atoms with Crippen LogP contribution in [0, 0.1) is 0 Å². The molecule has 0 N–H and O–H groups in total. The average molecular weight is 214 g/mol. The van der Waals surface area contributed by atoms with Crippen LogP contribution >= 0.6 is 0 Å². The zero-order valence-corrected chi connectivity index (χ0v) is 9.88. The molecule has 3 nitrogen and oxygen atoms in total. The molecule has 0 aliphatic rings. The summed E-state index contributed by atoms with van der Waals surface area (Å²) in [4.78, 5) is 22.1. The van der Waals surface area contributed by atoms with E-state index in [2.05, 4.69) is 11.7 Å². The molecule has 0 fully saturated rings. The fraction of sp³-hybridized carbons (Fsp3) is 0.833. The van der Waals surface area contributed by atoms with Crippen LogP contribution in [-0.2, 0) is 14.3 Å². The fourth-order valence-electron chi connectivity index (χ4n) is 1.39. The van der Waals surface area contributed by atoms with Crippen LogP contribution in [0.3, 0.4) is 0 Å². The highest BCUT2D eigenvalue weighted by Gasteiger charge is 2.03. The highest BCUT2D eigenvalue weighted by atomic mass is 16.5. The van der Waals surface area contributed by atoms with Gasteiger partial charge >= 0.3 is 5.97 Å². The van der Waals surface area contributed by atoms with Gasteiger partial charge in [-0.1, -0.05) is 19.8 Å². The summed E-state index contributed by atoms with van der Waals surface area (Å²) in [7, 11) is 1.39. The second-order valence-corrected chi connectivity index (χ2v) is 3.78. The summed E-state index contributed by atoms with van der Waals surface area (Å²) in [5.41, 5.74) is 0. The first-order chi connectivity index (χ1) is 7.20. The molecule has 0 aromatic carbocycles. The van der Waals surface area contributed by atoms with E-state index in [0.717, 1.165) is 32.1 Å². The molecule has 0 aliphatic heterocycles. The largest absolute Gasteiger partial charge is 0.469 e. The molecule has 0 aromatic rings. The van der Waals surface area contributed by atoms with Gasteiger partial charge in [0.05, 0.1) is 7.11 Å². The first-order valence-corrected chi connectivity index (χ1v) is 5.79. The number of carbonyl (C=O) groups is 2. The molecule has 0 aliphatic carbocycles. The van der Waals surface area contributed by atoms with Crippen molar-refractivity contribution in [3.05, 3.63) is 0 Å². The van der Waals surface area contributed by atoms with E-state index in [1.54, 1.807) is 0 Å². The molecule has 0 heterocycles. The Labute approximate surface area is 92.2 Å². The van der Waals surface area contributed by atoms with Crippen LogP contribution < -0.4 is 0 Å². The maximum absolute atomic E-state index is 11.3. The van der Waals surface area contributed by atoms with Gasteiger partial charge < -0.3 is 4.74 Å². The number of ether oxygens (including phenoxy) is 1. The number of methoxy groups -OCH3 is 1. The number of unbranched alkanes of at least 4 members (excludes halogenated alkanes) is 3. The van der Waals surface area contributed by atoms with Gasteiger partial charge in [0.15, 0.2) is 0 Å². The van der Waals surface area contributed by atoms with Crippen LogP contribution in [0.25, 0.3) is 0 Å². The Hall–Kier alpha value is -0.860. The summed E-state index contributed by atoms with van der Waals surface area (Å²) in [6, 6.07) is 0. The Morgan fingerprint density at radius 1 is 0.933 bits per heavy atom. The Bertz CT molecular complexity index is 187. The maximum Gasteiger partial charge on any atom is 0.305 e. The van der Waals surface area contributed by atoms with Crippen LogP contribution in [0.4, 0.5) is 0 Å². The van der Waals surface area contributed by atoms with Crippen LogP contribution in [0.15, 0.2) is 0 Å². The van der Waals surface area contributed by atoms with E-state index in [4.69, 9.17) is 0 Å². The normalized spacial score (nSPS) is 10.0. The zero-order valence-electron chi connectivity index (χ0n) is 9.88. The van der Waals surface area contributed by atoms with Crippen LogP contribution in [0.1, 0.15) is 58.3 Å². The van der Waals surface area contributed by atoms with Gasteiger partial charge in [-0.3, -0.25) is 9.59 Å². The van der Waals surface area contributed by atoms with Crippen molar-refractivity contribution in [3.8, 4) is 0 Å². The lowest BCUT2D eigenvalue weighted by Gasteiger charge is -2.00. The lowest BCUT2D eigenvalue weighted by molar-refractivity contribution is -0.140. The molecule has 0 saturated heterocycles. The fourth-order valence-corrected chi connectivity index (χ4v) is 1.39. The van der Waals surface area contributed by atoms with Crippen molar-refractivity contribution in [3.63, 3.8) is 0 Å². The van der Waals surface area contributed by atoms with E-state index in [9.17, 15) is 9.59 Å². The monoisotopic (exact) mass is 214 g/mol. The Kier molecular flexibility index (Phi) is 9.13. The summed E-state index contributed by atoms with van der Waals surface area (Å²) in [5, 5.41) is 0. The molecular formula is C12H22O3. The minimum absolute atomic E-state index is 0.187. The molecule has 0 unspecified atom stereocenters. The van der Waals surface area contributed by atoms with Gasteiger partial charge in [0.1, 0.15) is 5.78 Å². The molecule has 0 amide bonds. The van der Waals surface area contributed by atoms with Gasteiger partial charge in [-0.2, -0.15) is 0 Å². The second-order valence-electron chi connectivity index (χ2n) is 3.78. The summed E-state index contributed by atoms with van der Waals surface area (Å²) in [6.45, 7) is 2.13. The van der Waals surface area contributed by atoms with Gasteiger partial charge in [-0.25, -0.2) is 0 Å². The first kappa shape index (κ1) is 14.1. The summed E-state index contributed by atoms with van der Waals surface area (Å²) < 4.78 is 4.51. The number of carbonyl (C=O) groups excluding carboxylic acids is 2. The van der Waals surface area contributed by atoms with Crippen molar-refractivity contribution >= 4 is 11.8 Å². The number of esters is 1. The van der Waals surface area contributed by atoms with Crippen molar-refractivity contribution in [2.45, 2.75) is 58.3 Å². The minimum atomic E-state index is -0.187. The van der Waals surface area contributed by atoms with Gasteiger partial charge in [0.2, 0.25) is 0 Å². The molecule has 0 saturated carbocycles. The topological polar surface area (TPSA) is 43.4 Å². The van der Waals surface area contributed by atoms with Crippen molar-refractivity contribution in [2.75, 3.05) is 7.11 Å². The number of hydrogen-bond donors (Lipinski definition) is 0. The third-order valence-electron chi connectivity index (χ3n) is 2.37. The lowest BCUT2D eigenvalue weighted by Crippen LogP contribution is -2.01. The zero-order chi connectivity index (χ0) is 11.5. The van der Waals surface area contributed by atoms with Crippen molar-refractivity contribution in [2.24, 2.45) is 0 Å². The van der Waals surface area contributed by atoms with Gasteiger partial charge in [0.25, 0.3) is 0 Å². The third kappa shape index (κ3) is 9.44. The van der Waals surface area contributed by atoms with Gasteiger partial charge in [-0.15, -0.1) is 0 Å². The lowest BCUT2D eigenvalue weighted by atomic mass is 10.1. The third-order valence-corrected chi connectivity index (χ3v) is 2.37. The number of rotatable bonds is 9. The highest BCUT2D eigenvalue weighted by Crippen LogP contribution is 2.06. The van der Waals surface area contributed by atoms with Gasteiger partial charge in [0, 0.05) is 19.3 Å². The van der Waals surface area contributed by atoms with Gasteiger partial charge in [-0.05, 0) is 19.3 Å². The second kappa shape index (κ2) is 9.69. The molecule has 0 aromatic heterocycles. The van der Waals surface area contributed by atoms with Crippen LogP contribution in [0.5, 0.6) is 0 Å². The summed E-state index contributed by atoms with van der Waals surface area (Å²) in [5.74, 6) is 0.141. The molecule has 0 rings (SSSR count). The molecule has 0 bridgehead atoms. The highest BCUT2D eigenvalue weighted by molar-refractivity contribution is 5.78. The summed E-state index contributed by atoms with van der Waals surface area (Å²) in [6.07, 6.45) is 6.59. The van der Waals surface area contributed by atoms with Crippen molar-refractivity contribution in [1.82, 2.24) is 0 Å². The summed E-state index contributed by atoms with van der Waals surface area (Å²) >= 11 is 0.